The van der Waals surface area contributed by atoms with Crippen molar-refractivity contribution >= 4 is 0 Å². The van der Waals surface area contributed by atoms with Crippen molar-refractivity contribution in [3.05, 3.63) is 54.1 Å². The van der Waals surface area contributed by atoms with Crippen LogP contribution in [0.3, 0.4) is 0 Å². The molecular formula is C12H10FN. The first-order valence-corrected chi connectivity index (χ1v) is 4.44. The van der Waals surface area contributed by atoms with Crippen LogP contribution in [0.5, 0.6) is 0 Å². The van der Waals surface area contributed by atoms with Crippen molar-refractivity contribution in [1.82, 2.24) is 4.98 Å². The summed E-state index contributed by atoms with van der Waals surface area (Å²) < 4.78 is 12.9. The number of nitrogens with zero attached hydrogens (tertiary/aromatic N) is 1. The SMILES string of the molecule is Cc1cc(-c2cccc(F)c2)ccn1. The molecule has 0 fully saturated rings. The Kier molecular flexibility index (Phi) is 2.27. The Bertz CT molecular complexity index is 408. The molecule has 2 heteroatoms. The second-order valence-electron chi connectivity index (χ2n) is 3.20. The van der Waals surface area contributed by atoms with E-state index in [0.717, 1.165) is 16.8 Å². The minimum Gasteiger partial charge on any atom is -0.262 e. The van der Waals surface area contributed by atoms with E-state index < -0.39 is 0 Å². The van der Waals surface area contributed by atoms with Gasteiger partial charge in [0.25, 0.3) is 0 Å². The largest absolute Gasteiger partial charge is 0.262 e. The topological polar surface area (TPSA) is 12.9 Å². The van der Waals surface area contributed by atoms with Gasteiger partial charge in [0.2, 0.25) is 0 Å². The average molecular weight is 187 g/mol. The maximum atomic E-state index is 12.9. The summed E-state index contributed by atoms with van der Waals surface area (Å²) in [7, 11) is 0. The molecule has 0 radical (unpaired) electrons. The monoisotopic (exact) mass is 187 g/mol. The molecule has 2 aromatic rings. The predicted molar refractivity (Wildman–Crippen MR) is 54.4 cm³/mol. The number of aryl methyl sites for hydroxylation is 1. The second-order valence-corrected chi connectivity index (χ2v) is 3.20. The van der Waals surface area contributed by atoms with Crippen LogP contribution in [-0.4, -0.2) is 4.98 Å². The minimum absolute atomic E-state index is 0.211. The van der Waals surface area contributed by atoms with Gasteiger partial charge in [-0.1, -0.05) is 12.1 Å². The number of rotatable bonds is 1. The summed E-state index contributed by atoms with van der Waals surface area (Å²) in [6.07, 6.45) is 1.73. The van der Waals surface area contributed by atoms with Crippen LogP contribution in [0, 0.1) is 12.7 Å². The fourth-order valence-corrected chi connectivity index (χ4v) is 1.39. The number of hydrogen-bond acceptors (Lipinski definition) is 1. The lowest BCUT2D eigenvalue weighted by Gasteiger charge is -2.01. The smallest absolute Gasteiger partial charge is 0.123 e. The Morgan fingerprint density at radius 3 is 2.57 bits per heavy atom. The summed E-state index contributed by atoms with van der Waals surface area (Å²) in [6.45, 7) is 1.92. The molecule has 1 heterocycles. The van der Waals surface area contributed by atoms with Gasteiger partial charge in [-0.05, 0) is 42.3 Å². The van der Waals surface area contributed by atoms with Crippen molar-refractivity contribution in [1.29, 1.82) is 0 Å². The van der Waals surface area contributed by atoms with Crippen LogP contribution in [0.4, 0.5) is 4.39 Å². The van der Waals surface area contributed by atoms with Gasteiger partial charge in [0.15, 0.2) is 0 Å². The highest BCUT2D eigenvalue weighted by Gasteiger charge is 1.98. The number of halogens is 1. The average Bonchev–Trinajstić information content (AvgIpc) is 2.18. The van der Waals surface area contributed by atoms with Crippen LogP contribution in [0.1, 0.15) is 5.69 Å². The maximum Gasteiger partial charge on any atom is 0.123 e. The first-order valence-electron chi connectivity index (χ1n) is 4.44. The predicted octanol–water partition coefficient (Wildman–Crippen LogP) is 3.20. The molecule has 1 aromatic heterocycles. The van der Waals surface area contributed by atoms with Gasteiger partial charge in [0.05, 0.1) is 0 Å². The van der Waals surface area contributed by atoms with E-state index in [1.807, 2.05) is 25.1 Å². The summed E-state index contributed by atoms with van der Waals surface area (Å²) >= 11 is 0. The number of benzene rings is 1. The van der Waals surface area contributed by atoms with E-state index in [0.29, 0.717) is 0 Å². The molecular weight excluding hydrogens is 177 g/mol. The molecule has 0 saturated heterocycles. The van der Waals surface area contributed by atoms with Crippen LogP contribution in [0.2, 0.25) is 0 Å². The molecule has 0 saturated carbocycles. The van der Waals surface area contributed by atoms with Crippen LogP contribution in [0.25, 0.3) is 11.1 Å². The molecule has 0 spiro atoms. The molecule has 0 unspecified atom stereocenters. The van der Waals surface area contributed by atoms with E-state index >= 15 is 0 Å². The van der Waals surface area contributed by atoms with Gasteiger partial charge in [-0.2, -0.15) is 0 Å². The standard InChI is InChI=1S/C12H10FN/c1-9-7-11(5-6-14-9)10-3-2-4-12(13)8-10/h2-8H,1H3. The third-order valence-electron chi connectivity index (χ3n) is 2.05. The minimum atomic E-state index is -0.211. The number of hydrogen-bond donors (Lipinski definition) is 0. The Labute approximate surface area is 82.2 Å². The molecule has 0 bridgehead atoms. The zero-order chi connectivity index (χ0) is 9.97. The van der Waals surface area contributed by atoms with Crippen LogP contribution in [0.15, 0.2) is 42.6 Å². The third-order valence-corrected chi connectivity index (χ3v) is 2.05. The molecule has 1 nitrogen and oxygen atoms in total. The number of aromatic nitrogens is 1. The lowest BCUT2D eigenvalue weighted by molar-refractivity contribution is 0.628. The van der Waals surface area contributed by atoms with E-state index in [-0.39, 0.29) is 5.82 Å². The molecule has 1 aromatic carbocycles. The van der Waals surface area contributed by atoms with Gasteiger partial charge in [0, 0.05) is 11.9 Å². The molecule has 14 heavy (non-hydrogen) atoms. The quantitative estimate of drug-likeness (QED) is 0.668. The Morgan fingerprint density at radius 2 is 1.86 bits per heavy atom. The molecule has 0 N–H and O–H groups in total. The van der Waals surface area contributed by atoms with Crippen molar-refractivity contribution in [3.8, 4) is 11.1 Å². The van der Waals surface area contributed by atoms with Crippen LogP contribution in [-0.2, 0) is 0 Å². The summed E-state index contributed by atoms with van der Waals surface area (Å²) in [5.74, 6) is -0.211. The van der Waals surface area contributed by atoms with Gasteiger partial charge in [-0.3, -0.25) is 4.98 Å². The van der Waals surface area contributed by atoms with Crippen molar-refractivity contribution in [2.24, 2.45) is 0 Å². The van der Waals surface area contributed by atoms with Gasteiger partial charge < -0.3 is 0 Å². The maximum absolute atomic E-state index is 12.9. The Hall–Kier alpha value is -1.70. The highest BCUT2D eigenvalue weighted by atomic mass is 19.1. The van der Waals surface area contributed by atoms with Crippen LogP contribution < -0.4 is 0 Å². The van der Waals surface area contributed by atoms with E-state index in [1.54, 1.807) is 12.3 Å². The van der Waals surface area contributed by atoms with Crippen molar-refractivity contribution < 1.29 is 4.39 Å². The Balaban J connectivity index is 2.49. The summed E-state index contributed by atoms with van der Waals surface area (Å²) in [5.41, 5.74) is 2.82. The molecule has 0 aliphatic rings. The normalized spacial score (nSPS) is 10.1. The van der Waals surface area contributed by atoms with E-state index in [9.17, 15) is 4.39 Å². The van der Waals surface area contributed by atoms with Crippen molar-refractivity contribution in [3.63, 3.8) is 0 Å². The fourth-order valence-electron chi connectivity index (χ4n) is 1.39. The van der Waals surface area contributed by atoms with Gasteiger partial charge >= 0.3 is 0 Å². The molecule has 0 aliphatic heterocycles. The molecule has 2 rings (SSSR count). The molecule has 70 valence electrons. The fraction of sp³-hybridized carbons (Fsp3) is 0.0833. The van der Waals surface area contributed by atoms with E-state index in [4.69, 9.17) is 0 Å². The molecule has 0 amide bonds. The van der Waals surface area contributed by atoms with Crippen molar-refractivity contribution in [2.75, 3.05) is 0 Å². The number of pyridine rings is 1. The highest BCUT2D eigenvalue weighted by Crippen LogP contribution is 2.19. The Morgan fingerprint density at radius 1 is 1.07 bits per heavy atom. The van der Waals surface area contributed by atoms with Gasteiger partial charge in [-0.25, -0.2) is 4.39 Å². The lowest BCUT2D eigenvalue weighted by Crippen LogP contribution is -1.83. The third kappa shape index (κ3) is 1.79. The zero-order valence-electron chi connectivity index (χ0n) is 7.87. The zero-order valence-corrected chi connectivity index (χ0v) is 7.87. The molecule has 0 atom stereocenters. The first-order chi connectivity index (χ1) is 6.75. The van der Waals surface area contributed by atoms with Crippen molar-refractivity contribution in [2.45, 2.75) is 6.92 Å². The summed E-state index contributed by atoms with van der Waals surface area (Å²) in [4.78, 5) is 4.09. The van der Waals surface area contributed by atoms with E-state index in [1.165, 1.54) is 12.1 Å². The van der Waals surface area contributed by atoms with Crippen LogP contribution >= 0.6 is 0 Å². The summed E-state index contributed by atoms with van der Waals surface area (Å²) in [6, 6.07) is 10.4. The van der Waals surface area contributed by atoms with Gasteiger partial charge in [0.1, 0.15) is 5.82 Å². The lowest BCUT2D eigenvalue weighted by atomic mass is 10.1. The first kappa shape index (κ1) is 8.88. The molecule has 0 aliphatic carbocycles. The highest BCUT2D eigenvalue weighted by molar-refractivity contribution is 5.63. The summed E-state index contributed by atoms with van der Waals surface area (Å²) in [5, 5.41) is 0. The van der Waals surface area contributed by atoms with Gasteiger partial charge in [-0.15, -0.1) is 0 Å². The second kappa shape index (κ2) is 3.58. The van der Waals surface area contributed by atoms with E-state index in [2.05, 4.69) is 4.98 Å².